The maximum Gasteiger partial charge on any atom is 0.225 e. The van der Waals surface area contributed by atoms with Crippen LogP contribution < -0.4 is 10.2 Å². The van der Waals surface area contributed by atoms with Crippen molar-refractivity contribution in [3.8, 4) is 0 Å². The fraction of sp³-hybridized carbons (Fsp3) is 0.778. The van der Waals surface area contributed by atoms with Crippen LogP contribution in [0.4, 0.5) is 5.13 Å². The molecule has 0 bridgehead atoms. The summed E-state index contributed by atoms with van der Waals surface area (Å²) in [6.07, 6.45) is 3.07. The van der Waals surface area contributed by atoms with Gasteiger partial charge in [-0.3, -0.25) is 9.69 Å². The van der Waals surface area contributed by atoms with E-state index in [1.165, 1.54) is 0 Å². The Morgan fingerprint density at radius 2 is 1.92 bits per heavy atom. The second-order valence-electron chi connectivity index (χ2n) is 7.55. The van der Waals surface area contributed by atoms with E-state index in [4.69, 9.17) is 0 Å². The predicted molar refractivity (Wildman–Crippen MR) is 101 cm³/mol. The molecule has 3 aliphatic rings. The van der Waals surface area contributed by atoms with E-state index in [0.29, 0.717) is 11.9 Å². The fourth-order valence-corrected chi connectivity index (χ4v) is 5.21. The van der Waals surface area contributed by atoms with Gasteiger partial charge >= 0.3 is 0 Å². The van der Waals surface area contributed by atoms with Crippen LogP contribution in [0.15, 0.2) is 5.38 Å². The van der Waals surface area contributed by atoms with Gasteiger partial charge in [0.15, 0.2) is 5.13 Å². The van der Waals surface area contributed by atoms with Crippen molar-refractivity contribution in [2.75, 3.05) is 57.3 Å². The van der Waals surface area contributed by atoms with E-state index in [0.717, 1.165) is 82.4 Å². The second-order valence-corrected chi connectivity index (χ2v) is 8.38. The molecule has 0 saturated carbocycles. The first-order valence-electron chi connectivity index (χ1n) is 9.61. The molecule has 25 heavy (non-hydrogen) atoms. The number of aryl methyl sites for hydroxylation is 1. The van der Waals surface area contributed by atoms with Crippen LogP contribution in [0.1, 0.15) is 25.0 Å². The van der Waals surface area contributed by atoms with Crippen molar-refractivity contribution < 1.29 is 4.79 Å². The molecule has 3 aliphatic heterocycles. The monoisotopic (exact) mass is 363 g/mol. The van der Waals surface area contributed by atoms with Crippen LogP contribution in [-0.2, 0) is 4.79 Å². The van der Waals surface area contributed by atoms with Gasteiger partial charge < -0.3 is 15.1 Å². The Balaban J connectivity index is 1.27. The van der Waals surface area contributed by atoms with Crippen molar-refractivity contribution in [2.45, 2.75) is 32.2 Å². The summed E-state index contributed by atoms with van der Waals surface area (Å²) in [4.78, 5) is 24.6. The summed E-state index contributed by atoms with van der Waals surface area (Å²) in [5, 5.41) is 6.63. The molecular weight excluding hydrogens is 334 g/mol. The number of hydrogen-bond acceptors (Lipinski definition) is 6. The van der Waals surface area contributed by atoms with Gasteiger partial charge in [-0.2, -0.15) is 0 Å². The number of thiazole rings is 1. The molecule has 1 unspecified atom stereocenters. The zero-order valence-corrected chi connectivity index (χ0v) is 15.9. The van der Waals surface area contributed by atoms with Crippen molar-refractivity contribution >= 4 is 22.4 Å². The molecule has 0 spiro atoms. The molecule has 0 aliphatic carbocycles. The van der Waals surface area contributed by atoms with E-state index >= 15 is 0 Å². The van der Waals surface area contributed by atoms with Crippen LogP contribution in [0.5, 0.6) is 0 Å². The molecule has 6 nitrogen and oxygen atoms in total. The number of piperazine rings is 1. The Hall–Kier alpha value is -1.18. The zero-order valence-electron chi connectivity index (χ0n) is 15.1. The summed E-state index contributed by atoms with van der Waals surface area (Å²) in [5.74, 6) is 0.603. The molecule has 0 radical (unpaired) electrons. The topological polar surface area (TPSA) is 51.7 Å². The summed E-state index contributed by atoms with van der Waals surface area (Å²) in [6, 6.07) is 0.574. The number of aromatic nitrogens is 1. The lowest BCUT2D eigenvalue weighted by Crippen LogP contribution is -2.50. The second kappa shape index (κ2) is 7.60. The molecule has 1 atom stereocenters. The molecule has 4 rings (SSSR count). The van der Waals surface area contributed by atoms with Crippen LogP contribution in [0.2, 0.25) is 0 Å². The number of likely N-dealkylation sites (tertiary alicyclic amines) is 1. The average Bonchev–Trinajstić information content (AvgIpc) is 3.31. The maximum absolute atomic E-state index is 12.9. The highest BCUT2D eigenvalue weighted by Gasteiger charge is 2.35. The van der Waals surface area contributed by atoms with E-state index in [2.05, 4.69) is 30.4 Å². The van der Waals surface area contributed by atoms with Gasteiger partial charge in [-0.05, 0) is 26.2 Å². The minimum absolute atomic E-state index is 0.207. The fourth-order valence-electron chi connectivity index (χ4n) is 4.35. The number of piperidine rings is 1. The molecular formula is C18H29N5OS. The number of amides is 1. The smallest absolute Gasteiger partial charge is 0.225 e. The normalized spacial score (nSPS) is 26.4. The van der Waals surface area contributed by atoms with Crippen LogP contribution in [0, 0.1) is 12.8 Å². The van der Waals surface area contributed by atoms with Crippen molar-refractivity contribution in [2.24, 2.45) is 5.92 Å². The van der Waals surface area contributed by atoms with Crippen LogP contribution >= 0.6 is 11.3 Å². The number of carbonyl (C=O) groups excluding carboxylic acids is 1. The summed E-state index contributed by atoms with van der Waals surface area (Å²) < 4.78 is 0. The van der Waals surface area contributed by atoms with E-state index in [9.17, 15) is 4.79 Å². The Bertz CT molecular complexity index is 592. The van der Waals surface area contributed by atoms with Crippen molar-refractivity contribution in [3.05, 3.63) is 11.1 Å². The first kappa shape index (κ1) is 17.2. The summed E-state index contributed by atoms with van der Waals surface area (Å²) >= 11 is 1.72. The van der Waals surface area contributed by atoms with Gasteiger partial charge in [-0.1, -0.05) is 0 Å². The predicted octanol–water partition coefficient (Wildman–Crippen LogP) is 1.17. The van der Waals surface area contributed by atoms with Crippen molar-refractivity contribution in [1.82, 2.24) is 20.1 Å². The van der Waals surface area contributed by atoms with Gasteiger partial charge in [0.25, 0.3) is 0 Å². The Morgan fingerprint density at radius 3 is 2.60 bits per heavy atom. The molecule has 1 aromatic rings. The lowest BCUT2D eigenvalue weighted by atomic mass is 9.95. The third-order valence-electron chi connectivity index (χ3n) is 5.86. The van der Waals surface area contributed by atoms with E-state index < -0.39 is 0 Å². The van der Waals surface area contributed by atoms with Gasteiger partial charge in [-0.25, -0.2) is 4.98 Å². The minimum Gasteiger partial charge on any atom is -0.348 e. The summed E-state index contributed by atoms with van der Waals surface area (Å²) in [6.45, 7) is 10.2. The van der Waals surface area contributed by atoms with E-state index in [1.807, 2.05) is 6.92 Å². The number of rotatable bonds is 3. The number of anilines is 1. The molecule has 3 saturated heterocycles. The highest BCUT2D eigenvalue weighted by Crippen LogP contribution is 2.28. The number of carbonyl (C=O) groups is 1. The molecule has 7 heteroatoms. The first-order chi connectivity index (χ1) is 12.2. The van der Waals surface area contributed by atoms with Crippen LogP contribution in [0.25, 0.3) is 0 Å². The molecule has 1 N–H and O–H groups in total. The van der Waals surface area contributed by atoms with Gasteiger partial charge in [0.1, 0.15) is 0 Å². The van der Waals surface area contributed by atoms with Gasteiger partial charge in [0.2, 0.25) is 5.91 Å². The summed E-state index contributed by atoms with van der Waals surface area (Å²) in [7, 11) is 0. The van der Waals surface area contributed by atoms with Gasteiger partial charge in [0.05, 0.1) is 5.69 Å². The lowest BCUT2D eigenvalue weighted by Gasteiger charge is -2.34. The largest absolute Gasteiger partial charge is 0.348 e. The molecule has 3 fully saturated rings. The number of nitrogens with one attached hydrogen (secondary N) is 1. The quantitative estimate of drug-likeness (QED) is 0.874. The average molecular weight is 364 g/mol. The standard InChI is InChI=1S/C18H29N5OS/c1-14-13-25-18(20-14)22-7-2-15(3-8-22)17(24)23-9-4-16(12-23)21-10-5-19-6-11-21/h13,15-16,19H,2-12H2,1H3. The third kappa shape index (κ3) is 3.83. The van der Waals surface area contributed by atoms with Gasteiger partial charge in [-0.15, -0.1) is 11.3 Å². The highest BCUT2D eigenvalue weighted by molar-refractivity contribution is 7.13. The molecule has 1 amide bonds. The van der Waals surface area contributed by atoms with Crippen LogP contribution in [0.3, 0.4) is 0 Å². The highest BCUT2D eigenvalue weighted by atomic mass is 32.1. The minimum atomic E-state index is 0.207. The molecule has 1 aromatic heterocycles. The summed E-state index contributed by atoms with van der Waals surface area (Å²) in [5.41, 5.74) is 1.09. The van der Waals surface area contributed by atoms with E-state index in [1.54, 1.807) is 11.3 Å². The number of hydrogen-bond donors (Lipinski definition) is 1. The lowest BCUT2D eigenvalue weighted by molar-refractivity contribution is -0.135. The number of nitrogens with zero attached hydrogens (tertiary/aromatic N) is 4. The molecule has 0 aromatic carbocycles. The Kier molecular flexibility index (Phi) is 5.24. The van der Waals surface area contributed by atoms with Crippen molar-refractivity contribution in [1.29, 1.82) is 0 Å². The molecule has 138 valence electrons. The third-order valence-corrected chi connectivity index (χ3v) is 6.88. The first-order valence-corrected chi connectivity index (χ1v) is 10.5. The van der Waals surface area contributed by atoms with Gasteiger partial charge in [0, 0.05) is 69.7 Å². The molecule has 4 heterocycles. The Labute approximate surface area is 154 Å². The SMILES string of the molecule is Cc1csc(N2CCC(C(=O)N3CCC(N4CCNCC4)C3)CC2)n1. The Morgan fingerprint density at radius 1 is 1.16 bits per heavy atom. The maximum atomic E-state index is 12.9. The van der Waals surface area contributed by atoms with Crippen molar-refractivity contribution in [3.63, 3.8) is 0 Å². The van der Waals surface area contributed by atoms with Crippen LogP contribution in [-0.4, -0.2) is 79.1 Å². The van der Waals surface area contributed by atoms with E-state index in [-0.39, 0.29) is 5.92 Å². The zero-order chi connectivity index (χ0) is 17.2.